The van der Waals surface area contributed by atoms with Gasteiger partial charge in [0.25, 0.3) is 0 Å². The number of hydrogen-bond acceptors (Lipinski definition) is 5. The Morgan fingerprint density at radius 3 is 2.50 bits per heavy atom. The van der Waals surface area contributed by atoms with Crippen molar-refractivity contribution >= 4 is 26.8 Å². The van der Waals surface area contributed by atoms with Crippen LogP contribution in [0.5, 0.6) is 0 Å². The Balaban J connectivity index is 1.78. The molecule has 3 aromatic rings. The van der Waals surface area contributed by atoms with Crippen LogP contribution in [0.1, 0.15) is 30.5 Å². The van der Waals surface area contributed by atoms with Gasteiger partial charge >= 0.3 is 0 Å². The Hall–Kier alpha value is -2.80. The highest BCUT2D eigenvalue weighted by molar-refractivity contribution is 7.89. The Kier molecular flexibility index (Phi) is 4.16. The van der Waals surface area contributed by atoms with Crippen molar-refractivity contribution in [2.45, 2.75) is 19.4 Å². The molecule has 1 atom stereocenters. The van der Waals surface area contributed by atoms with E-state index < -0.39 is 10.0 Å². The van der Waals surface area contributed by atoms with Crippen molar-refractivity contribution in [1.82, 2.24) is 14.4 Å². The van der Waals surface area contributed by atoms with Crippen LogP contribution < -0.4 is 0 Å². The van der Waals surface area contributed by atoms with E-state index in [0.29, 0.717) is 6.42 Å². The third-order valence-electron chi connectivity index (χ3n) is 4.51. The molecule has 0 saturated heterocycles. The summed E-state index contributed by atoms with van der Waals surface area (Å²) >= 11 is 0. The Morgan fingerprint density at radius 2 is 1.77 bits per heavy atom. The summed E-state index contributed by atoms with van der Waals surface area (Å²) in [5.74, 6) is 0.00244. The molecule has 0 bridgehead atoms. The molecule has 0 radical (unpaired) electrons. The van der Waals surface area contributed by atoms with E-state index in [9.17, 15) is 8.42 Å². The van der Waals surface area contributed by atoms with E-state index in [2.05, 4.69) is 15.1 Å². The van der Waals surface area contributed by atoms with Crippen molar-refractivity contribution in [3.8, 4) is 0 Å². The molecule has 0 N–H and O–H groups in total. The largest absolute Gasteiger partial charge is 0.253 e. The van der Waals surface area contributed by atoms with E-state index in [1.165, 1.54) is 4.41 Å². The maximum absolute atomic E-state index is 12.6. The highest BCUT2D eigenvalue weighted by Crippen LogP contribution is 2.35. The zero-order valence-electron chi connectivity index (χ0n) is 14.3. The number of aromatic nitrogens is 2. The van der Waals surface area contributed by atoms with E-state index in [-0.39, 0.29) is 11.8 Å². The van der Waals surface area contributed by atoms with Gasteiger partial charge in [0.05, 0.1) is 28.5 Å². The lowest BCUT2D eigenvalue weighted by Gasteiger charge is -2.22. The van der Waals surface area contributed by atoms with Crippen molar-refractivity contribution in [3.05, 3.63) is 72.1 Å². The average molecular weight is 366 g/mol. The number of nitrogens with zero attached hydrogens (tertiary/aromatic N) is 4. The van der Waals surface area contributed by atoms with Gasteiger partial charge in [-0.1, -0.05) is 36.4 Å². The summed E-state index contributed by atoms with van der Waals surface area (Å²) < 4.78 is 26.5. The van der Waals surface area contributed by atoms with Gasteiger partial charge in [-0.05, 0) is 30.2 Å². The Labute approximate surface area is 152 Å². The van der Waals surface area contributed by atoms with E-state index in [1.807, 2.05) is 48.5 Å². The first kappa shape index (κ1) is 16.7. The molecule has 0 amide bonds. The second-order valence-corrected chi connectivity index (χ2v) is 8.23. The maximum atomic E-state index is 12.6. The van der Waals surface area contributed by atoms with Crippen LogP contribution in [0.2, 0.25) is 0 Å². The molecular formula is C19H18N4O2S. The van der Waals surface area contributed by atoms with Gasteiger partial charge in [-0.25, -0.2) is 8.42 Å². The quantitative estimate of drug-likeness (QED) is 0.711. The van der Waals surface area contributed by atoms with Crippen molar-refractivity contribution < 1.29 is 8.42 Å². The second-order valence-electron chi connectivity index (χ2n) is 6.11. The number of sulfonamides is 1. The van der Waals surface area contributed by atoms with Crippen LogP contribution in [0.3, 0.4) is 0 Å². The first-order valence-electron chi connectivity index (χ1n) is 8.44. The summed E-state index contributed by atoms with van der Waals surface area (Å²) in [5, 5.41) is 4.46. The summed E-state index contributed by atoms with van der Waals surface area (Å²) in [6, 6.07) is 15.0. The molecule has 7 heteroatoms. The van der Waals surface area contributed by atoms with Gasteiger partial charge < -0.3 is 0 Å². The summed E-state index contributed by atoms with van der Waals surface area (Å²) in [5.41, 5.74) is 4.10. The predicted octanol–water partition coefficient (Wildman–Crippen LogP) is 3.13. The fourth-order valence-electron chi connectivity index (χ4n) is 3.12. The number of hydrogen-bond donors (Lipinski definition) is 0. The molecule has 4 rings (SSSR count). The molecule has 0 aliphatic carbocycles. The number of rotatable bonds is 4. The van der Waals surface area contributed by atoms with E-state index in [1.54, 1.807) is 19.3 Å². The van der Waals surface area contributed by atoms with Crippen molar-refractivity contribution in [2.75, 3.05) is 5.75 Å². The first-order valence-corrected chi connectivity index (χ1v) is 10.0. The maximum Gasteiger partial charge on any atom is 0.250 e. The average Bonchev–Trinajstić information content (AvgIpc) is 3.15. The topological polar surface area (TPSA) is 75.5 Å². The van der Waals surface area contributed by atoms with Crippen LogP contribution in [0, 0.1) is 0 Å². The van der Waals surface area contributed by atoms with Gasteiger partial charge in [0, 0.05) is 18.8 Å². The van der Waals surface area contributed by atoms with Gasteiger partial charge in [0.2, 0.25) is 10.0 Å². The zero-order chi connectivity index (χ0) is 18.1. The fourth-order valence-corrected chi connectivity index (χ4v) is 4.19. The third kappa shape index (κ3) is 2.94. The molecule has 2 aromatic carbocycles. The minimum atomic E-state index is -3.48. The van der Waals surface area contributed by atoms with Crippen LogP contribution >= 0.6 is 0 Å². The van der Waals surface area contributed by atoms with Crippen LogP contribution in [-0.2, 0) is 10.0 Å². The van der Waals surface area contributed by atoms with E-state index in [0.717, 1.165) is 27.9 Å². The smallest absolute Gasteiger partial charge is 0.250 e. The van der Waals surface area contributed by atoms with Gasteiger partial charge in [0.15, 0.2) is 0 Å². The molecule has 2 heterocycles. The number of hydrazone groups is 1. The van der Waals surface area contributed by atoms with Gasteiger partial charge in [0.1, 0.15) is 0 Å². The standard InChI is InChI=1S/C19H18N4O2S/c1-2-26(24,25)23-19(13-17(22-23)14-6-4-3-5-7-14)15-8-9-16-18(12-15)21-11-10-20-16/h3-12,19H,2,13H2,1H3/t19-/m1/s1. The molecule has 1 aliphatic heterocycles. The van der Waals surface area contributed by atoms with Gasteiger partial charge in [-0.2, -0.15) is 9.52 Å². The molecule has 1 aliphatic rings. The minimum absolute atomic E-state index is 0.00244. The lowest BCUT2D eigenvalue weighted by Crippen LogP contribution is -2.28. The summed E-state index contributed by atoms with van der Waals surface area (Å²) in [6.07, 6.45) is 3.80. The van der Waals surface area contributed by atoms with Crippen LogP contribution in [0.4, 0.5) is 0 Å². The number of benzene rings is 2. The molecule has 132 valence electrons. The summed E-state index contributed by atoms with van der Waals surface area (Å²) in [7, 11) is -3.48. The highest BCUT2D eigenvalue weighted by Gasteiger charge is 2.35. The molecule has 0 unspecified atom stereocenters. The fraction of sp³-hybridized carbons (Fsp3) is 0.211. The molecule has 0 spiro atoms. The molecule has 1 aromatic heterocycles. The highest BCUT2D eigenvalue weighted by atomic mass is 32.2. The molecular weight excluding hydrogens is 348 g/mol. The monoisotopic (exact) mass is 366 g/mol. The van der Waals surface area contributed by atoms with Crippen LogP contribution in [0.25, 0.3) is 11.0 Å². The van der Waals surface area contributed by atoms with E-state index in [4.69, 9.17) is 0 Å². The van der Waals surface area contributed by atoms with E-state index >= 15 is 0 Å². The molecule has 0 fully saturated rings. The predicted molar refractivity (Wildman–Crippen MR) is 101 cm³/mol. The SMILES string of the molecule is CCS(=O)(=O)N1N=C(c2ccccc2)C[C@@H]1c1ccc2nccnc2c1. The molecule has 0 saturated carbocycles. The van der Waals surface area contributed by atoms with Crippen molar-refractivity contribution in [2.24, 2.45) is 5.10 Å². The van der Waals surface area contributed by atoms with Crippen molar-refractivity contribution in [3.63, 3.8) is 0 Å². The van der Waals surface area contributed by atoms with Crippen molar-refractivity contribution in [1.29, 1.82) is 0 Å². The molecule has 26 heavy (non-hydrogen) atoms. The third-order valence-corrected chi connectivity index (χ3v) is 6.14. The second kappa shape index (κ2) is 6.49. The Bertz CT molecular complexity index is 1080. The van der Waals surface area contributed by atoms with Gasteiger partial charge in [-0.3, -0.25) is 9.97 Å². The van der Waals surface area contributed by atoms with Gasteiger partial charge in [-0.15, -0.1) is 0 Å². The van der Waals surface area contributed by atoms with Crippen LogP contribution in [0.15, 0.2) is 66.0 Å². The summed E-state index contributed by atoms with van der Waals surface area (Å²) in [4.78, 5) is 8.60. The van der Waals surface area contributed by atoms with Crippen LogP contribution in [-0.4, -0.2) is 34.3 Å². The lowest BCUT2D eigenvalue weighted by atomic mass is 9.99. The number of fused-ring (bicyclic) bond motifs is 1. The Morgan fingerprint density at radius 1 is 1.04 bits per heavy atom. The minimum Gasteiger partial charge on any atom is -0.253 e. The normalized spacial score (nSPS) is 17.5. The molecule has 6 nitrogen and oxygen atoms in total. The first-order chi connectivity index (χ1) is 12.6. The lowest BCUT2D eigenvalue weighted by molar-refractivity contribution is 0.372. The zero-order valence-corrected chi connectivity index (χ0v) is 15.1. The summed E-state index contributed by atoms with van der Waals surface area (Å²) in [6.45, 7) is 1.63.